The zero-order valence-electron chi connectivity index (χ0n) is 31.8. The summed E-state index contributed by atoms with van der Waals surface area (Å²) in [5.74, 6) is -9.90. The highest BCUT2D eigenvalue weighted by molar-refractivity contribution is 5.96. The average Bonchev–Trinajstić information content (AvgIpc) is 3.70. The Kier molecular flexibility index (Phi) is 12.2. The zero-order chi connectivity index (χ0) is 40.6. The summed E-state index contributed by atoms with van der Waals surface area (Å²) in [6.07, 6.45) is -5.26. The predicted molar refractivity (Wildman–Crippen MR) is 183 cm³/mol. The van der Waals surface area contributed by atoms with E-state index in [-0.39, 0.29) is 18.5 Å². The molecular formula is C38H50O16. The van der Waals surface area contributed by atoms with Crippen LogP contribution in [0.15, 0.2) is 35.2 Å². The number of carbonyl (C=O) groups excluding carboxylic acids is 7. The van der Waals surface area contributed by atoms with Gasteiger partial charge in [-0.3, -0.25) is 28.8 Å². The molecule has 12 atom stereocenters. The van der Waals surface area contributed by atoms with Gasteiger partial charge in [-0.2, -0.15) is 0 Å². The van der Waals surface area contributed by atoms with Crippen LogP contribution in [-0.4, -0.2) is 102 Å². The molecule has 298 valence electrons. The highest BCUT2D eigenvalue weighted by atomic mass is 16.6. The number of aliphatic hydroxyl groups is 2. The maximum absolute atomic E-state index is 14.4. The third-order valence-electron chi connectivity index (χ3n) is 12.2. The Hall–Kier alpha value is -4.57. The van der Waals surface area contributed by atoms with E-state index in [9.17, 15) is 43.8 Å². The summed E-state index contributed by atoms with van der Waals surface area (Å²) in [5.41, 5.74) is -8.16. The van der Waals surface area contributed by atoms with Crippen LogP contribution in [0.3, 0.4) is 0 Å². The summed E-state index contributed by atoms with van der Waals surface area (Å²) in [7, 11) is 1.10. The molecule has 0 bridgehead atoms. The molecule has 0 radical (unpaired) electrons. The van der Waals surface area contributed by atoms with Crippen LogP contribution in [-0.2, 0) is 62.0 Å². The molecule has 2 saturated carbocycles. The van der Waals surface area contributed by atoms with Gasteiger partial charge in [0.2, 0.25) is 0 Å². The second-order valence-corrected chi connectivity index (χ2v) is 15.2. The summed E-state index contributed by atoms with van der Waals surface area (Å²) in [5, 5.41) is 24.1. The van der Waals surface area contributed by atoms with Crippen LogP contribution >= 0.6 is 0 Å². The zero-order valence-corrected chi connectivity index (χ0v) is 31.8. The minimum absolute atomic E-state index is 0.0597. The monoisotopic (exact) mass is 762 g/mol. The minimum atomic E-state index is -2.60. The second kappa shape index (κ2) is 15.7. The van der Waals surface area contributed by atoms with E-state index in [0.29, 0.717) is 12.0 Å². The lowest BCUT2D eigenvalue weighted by Gasteiger charge is -2.61. The topological polar surface area (TPSA) is 228 Å². The Labute approximate surface area is 312 Å². The highest BCUT2D eigenvalue weighted by Crippen LogP contribution is 2.68. The summed E-state index contributed by atoms with van der Waals surface area (Å²) in [6, 6.07) is 1.56. The van der Waals surface area contributed by atoms with Gasteiger partial charge in [-0.1, -0.05) is 40.7 Å². The van der Waals surface area contributed by atoms with Gasteiger partial charge in [-0.15, -0.1) is 0 Å². The number of esters is 5. The van der Waals surface area contributed by atoms with Crippen molar-refractivity contribution in [3.8, 4) is 0 Å². The quantitative estimate of drug-likeness (QED) is 0.127. The summed E-state index contributed by atoms with van der Waals surface area (Å²) in [4.78, 5) is 92.7. The molecule has 4 rings (SSSR count). The first-order valence-electron chi connectivity index (χ1n) is 17.7. The molecule has 1 saturated heterocycles. The van der Waals surface area contributed by atoms with Gasteiger partial charge < -0.3 is 43.1 Å². The maximum atomic E-state index is 14.4. The van der Waals surface area contributed by atoms with Crippen molar-refractivity contribution in [1.29, 1.82) is 0 Å². The third-order valence-corrected chi connectivity index (χ3v) is 12.2. The van der Waals surface area contributed by atoms with Crippen LogP contribution in [0.1, 0.15) is 85.6 Å². The van der Waals surface area contributed by atoms with Crippen LogP contribution in [0.2, 0.25) is 0 Å². The largest absolute Gasteiger partial charge is 0.472 e. The molecule has 0 amide bonds. The molecule has 54 heavy (non-hydrogen) atoms. The first-order chi connectivity index (χ1) is 25.2. The van der Waals surface area contributed by atoms with Crippen LogP contribution in [0.4, 0.5) is 0 Å². The number of furan rings is 1. The summed E-state index contributed by atoms with van der Waals surface area (Å²) < 4.78 is 39.4. The molecule has 16 nitrogen and oxygen atoms in total. The molecule has 3 fully saturated rings. The summed E-state index contributed by atoms with van der Waals surface area (Å²) in [6.45, 7) is 13.5. The first kappa shape index (κ1) is 42.2. The van der Waals surface area contributed by atoms with E-state index >= 15 is 0 Å². The number of rotatable bonds is 13. The molecule has 1 aromatic rings. The summed E-state index contributed by atoms with van der Waals surface area (Å²) >= 11 is 0. The minimum Gasteiger partial charge on any atom is -0.472 e. The molecule has 2 heterocycles. The molecule has 2 aliphatic carbocycles. The fraction of sp³-hybridized carbons (Fsp3) is 0.658. The molecular weight excluding hydrogens is 712 g/mol. The van der Waals surface area contributed by atoms with Crippen molar-refractivity contribution >= 4 is 42.1 Å². The lowest BCUT2D eigenvalue weighted by Crippen LogP contribution is -2.72. The molecule has 2 N–H and O–H groups in total. The normalized spacial score (nSPS) is 36.1. The number of methoxy groups -OCH3 is 1. The standard InChI is InChI=1S/C38H50O16/c1-10-19(2)31(45)34(46)53-33-32(51-18-39)30(20(3)38(47)26(42)13-24(37(33,38)8)23-11-12-49-16-23)36(7)25(14-28(43)48-9)35(6,17-50-21(4)40)54-29(44)15-27(36)52-22(5)41/h11-12,16,18-19,24-25,27,30-33,45,47H,3,10,13-15,17H2,1-2,4-9H3/t19-,24-,25+,27+,30?,31-,32-,33+,35-,36+,37-,38-/m1/s1. The van der Waals surface area contributed by atoms with Gasteiger partial charge in [0.1, 0.15) is 30.5 Å². The fourth-order valence-corrected chi connectivity index (χ4v) is 9.16. The van der Waals surface area contributed by atoms with E-state index in [1.165, 1.54) is 33.3 Å². The molecule has 1 aromatic heterocycles. The van der Waals surface area contributed by atoms with E-state index < -0.39 is 125 Å². The van der Waals surface area contributed by atoms with Gasteiger partial charge >= 0.3 is 29.8 Å². The van der Waals surface area contributed by atoms with Crippen LogP contribution in [0.25, 0.3) is 0 Å². The molecule has 3 aliphatic rings. The number of ketones is 1. The second-order valence-electron chi connectivity index (χ2n) is 15.2. The number of fused-ring (bicyclic) bond motifs is 1. The number of Topliss-reactive ketones (excluding diaryl/α,β-unsaturated/α-hetero) is 1. The molecule has 16 heteroatoms. The van der Waals surface area contributed by atoms with Crippen molar-refractivity contribution in [3.05, 3.63) is 36.3 Å². The molecule has 1 unspecified atom stereocenters. The number of hydrogen-bond donors (Lipinski definition) is 2. The third kappa shape index (κ3) is 6.93. The molecule has 1 aliphatic heterocycles. The SMILES string of the molecule is C=C1C([C@]2(C)[C@@H](OC(C)=O)CC(=O)O[C@](C)(COC(C)=O)[C@@H]2CC(=O)OC)[C@@H](OC=O)[C@H](OC(=O)[C@H](O)[C@H](C)CC)[C@@]2(C)[C@@H](c3ccoc3)CC(=O)[C@]12O. The lowest BCUT2D eigenvalue weighted by molar-refractivity contribution is -0.239. The van der Waals surface area contributed by atoms with E-state index in [0.717, 1.165) is 21.0 Å². The fourth-order valence-electron chi connectivity index (χ4n) is 9.16. The van der Waals surface area contributed by atoms with Gasteiger partial charge in [0.05, 0.1) is 37.9 Å². The predicted octanol–water partition coefficient (Wildman–Crippen LogP) is 2.51. The smallest absolute Gasteiger partial charge is 0.335 e. The first-order valence-corrected chi connectivity index (χ1v) is 17.7. The van der Waals surface area contributed by atoms with Crippen molar-refractivity contribution in [3.63, 3.8) is 0 Å². The Balaban J connectivity index is 2.13. The Morgan fingerprint density at radius 1 is 1.09 bits per heavy atom. The van der Waals surface area contributed by atoms with E-state index in [4.69, 9.17) is 32.8 Å². The molecule has 0 spiro atoms. The van der Waals surface area contributed by atoms with Crippen LogP contribution < -0.4 is 0 Å². The Morgan fingerprint density at radius 3 is 2.30 bits per heavy atom. The van der Waals surface area contributed by atoms with Gasteiger partial charge in [0.25, 0.3) is 6.47 Å². The van der Waals surface area contributed by atoms with E-state index in [2.05, 4.69) is 6.58 Å². The van der Waals surface area contributed by atoms with Gasteiger partial charge in [0.15, 0.2) is 17.5 Å². The number of aliphatic hydroxyl groups excluding tert-OH is 1. The van der Waals surface area contributed by atoms with E-state index in [1.807, 2.05) is 0 Å². The van der Waals surface area contributed by atoms with Crippen molar-refractivity contribution in [2.45, 2.75) is 116 Å². The Bertz CT molecular complexity index is 1650. The van der Waals surface area contributed by atoms with Crippen LogP contribution in [0.5, 0.6) is 0 Å². The van der Waals surface area contributed by atoms with Crippen molar-refractivity contribution in [2.24, 2.45) is 28.6 Å². The number of cyclic esters (lactones) is 1. The Morgan fingerprint density at radius 2 is 1.76 bits per heavy atom. The number of ether oxygens (including phenoxy) is 6. The maximum Gasteiger partial charge on any atom is 0.335 e. The number of hydrogen-bond acceptors (Lipinski definition) is 16. The highest BCUT2D eigenvalue weighted by Gasteiger charge is 2.77. The van der Waals surface area contributed by atoms with Gasteiger partial charge in [-0.25, -0.2) is 4.79 Å². The van der Waals surface area contributed by atoms with Crippen LogP contribution in [0, 0.1) is 28.6 Å². The lowest BCUT2D eigenvalue weighted by atomic mass is 9.46. The average molecular weight is 763 g/mol. The van der Waals surface area contributed by atoms with Crippen molar-refractivity contribution in [2.75, 3.05) is 13.7 Å². The van der Waals surface area contributed by atoms with Gasteiger partial charge in [-0.05, 0) is 30.0 Å². The number of carbonyl (C=O) groups is 7. The van der Waals surface area contributed by atoms with Crippen molar-refractivity contribution in [1.82, 2.24) is 0 Å². The van der Waals surface area contributed by atoms with Gasteiger partial charge in [0, 0.05) is 43.4 Å². The van der Waals surface area contributed by atoms with Crippen molar-refractivity contribution < 1.29 is 76.6 Å². The molecule has 0 aromatic carbocycles. The van der Waals surface area contributed by atoms with E-state index in [1.54, 1.807) is 19.9 Å².